The number of rotatable bonds is 6. The fraction of sp³-hybridized carbons (Fsp3) is 0.579. The fourth-order valence-corrected chi connectivity index (χ4v) is 3.54. The molecule has 2 aromatic rings. The lowest BCUT2D eigenvalue weighted by Gasteiger charge is -2.20. The Bertz CT molecular complexity index is 711. The molecule has 7 nitrogen and oxygen atoms in total. The Labute approximate surface area is 154 Å². The number of hydrogen-bond donors (Lipinski definition) is 1. The topological polar surface area (TPSA) is 75.9 Å². The summed E-state index contributed by atoms with van der Waals surface area (Å²) in [5, 5.41) is 7.15. The zero-order valence-electron chi connectivity index (χ0n) is 15.7. The van der Waals surface area contributed by atoms with Crippen molar-refractivity contribution in [3.8, 4) is 0 Å². The second-order valence-corrected chi connectivity index (χ2v) is 6.97. The van der Waals surface area contributed by atoms with Gasteiger partial charge in [0, 0.05) is 45.5 Å². The number of nitrogens with one attached hydrogen (secondary N) is 1. The van der Waals surface area contributed by atoms with E-state index in [0.717, 1.165) is 62.4 Å². The van der Waals surface area contributed by atoms with Crippen LogP contribution in [0.1, 0.15) is 37.1 Å². The van der Waals surface area contributed by atoms with Crippen LogP contribution in [0.3, 0.4) is 0 Å². The minimum Gasteiger partial charge on any atom is -0.372 e. The maximum Gasteiger partial charge on any atom is 0.222 e. The lowest BCUT2D eigenvalue weighted by Crippen LogP contribution is -2.32. The van der Waals surface area contributed by atoms with Crippen LogP contribution in [0.5, 0.6) is 0 Å². The maximum absolute atomic E-state index is 12.6. The Balaban J connectivity index is 1.47. The Morgan fingerprint density at radius 3 is 2.85 bits per heavy atom. The first-order valence-corrected chi connectivity index (χ1v) is 9.39. The number of aromatic nitrogens is 4. The van der Waals surface area contributed by atoms with Gasteiger partial charge in [-0.05, 0) is 44.1 Å². The summed E-state index contributed by atoms with van der Waals surface area (Å²) in [6, 6.07) is 1.98. The first kappa shape index (κ1) is 18.4. The predicted octanol–water partition coefficient (Wildman–Crippen LogP) is 2.06. The quantitative estimate of drug-likeness (QED) is 0.857. The number of amides is 1. The molecule has 0 saturated carbocycles. The van der Waals surface area contributed by atoms with Gasteiger partial charge in [0.2, 0.25) is 5.91 Å². The van der Waals surface area contributed by atoms with E-state index in [1.54, 1.807) is 12.4 Å². The lowest BCUT2D eigenvalue weighted by atomic mass is 9.95. The van der Waals surface area contributed by atoms with Crippen LogP contribution in [0.25, 0.3) is 0 Å². The molecule has 1 saturated heterocycles. The van der Waals surface area contributed by atoms with E-state index in [4.69, 9.17) is 0 Å². The molecule has 1 N–H and O–H groups in total. The molecule has 26 heavy (non-hydrogen) atoms. The third-order valence-electron chi connectivity index (χ3n) is 5.18. The summed E-state index contributed by atoms with van der Waals surface area (Å²) in [4.78, 5) is 23.4. The van der Waals surface area contributed by atoms with Crippen molar-refractivity contribution in [1.29, 1.82) is 0 Å². The molecule has 0 bridgehead atoms. The monoisotopic (exact) mass is 356 g/mol. The molecule has 0 radical (unpaired) electrons. The van der Waals surface area contributed by atoms with Gasteiger partial charge in [-0.1, -0.05) is 0 Å². The highest BCUT2D eigenvalue weighted by Crippen LogP contribution is 2.22. The zero-order chi connectivity index (χ0) is 18.4. The van der Waals surface area contributed by atoms with Crippen molar-refractivity contribution >= 4 is 11.7 Å². The number of carbonyl (C=O) groups is 1. The largest absolute Gasteiger partial charge is 0.372 e. The van der Waals surface area contributed by atoms with E-state index in [2.05, 4.69) is 20.4 Å². The van der Waals surface area contributed by atoms with Crippen LogP contribution in [0.15, 0.2) is 24.7 Å². The smallest absolute Gasteiger partial charge is 0.222 e. The summed E-state index contributed by atoms with van der Waals surface area (Å²) in [7, 11) is 3.76. The molecular weight excluding hydrogens is 328 g/mol. The van der Waals surface area contributed by atoms with Crippen molar-refractivity contribution in [2.24, 2.45) is 13.0 Å². The zero-order valence-corrected chi connectivity index (χ0v) is 15.7. The molecule has 0 spiro atoms. The highest BCUT2D eigenvalue weighted by atomic mass is 16.2. The standard InChI is InChI=1S/C19H28N6O/c1-20-18-14-21-16(13-22-18)12-15-4-3-10-25(11-8-15)19(26)6-5-17-7-9-23-24(17)2/h7,9,13-15H,3-6,8,10-12H2,1-2H3,(H,20,22). The number of likely N-dealkylation sites (tertiary alicyclic amines) is 1. The molecule has 1 aliphatic heterocycles. The van der Waals surface area contributed by atoms with Gasteiger partial charge in [-0.15, -0.1) is 0 Å². The van der Waals surface area contributed by atoms with Gasteiger partial charge < -0.3 is 10.2 Å². The van der Waals surface area contributed by atoms with E-state index in [-0.39, 0.29) is 5.91 Å². The second-order valence-electron chi connectivity index (χ2n) is 6.97. The number of hydrogen-bond acceptors (Lipinski definition) is 5. The van der Waals surface area contributed by atoms with Gasteiger partial charge >= 0.3 is 0 Å². The van der Waals surface area contributed by atoms with Crippen molar-refractivity contribution in [2.75, 3.05) is 25.5 Å². The molecule has 140 valence electrons. The van der Waals surface area contributed by atoms with Gasteiger partial charge in [-0.25, -0.2) is 4.98 Å². The lowest BCUT2D eigenvalue weighted by molar-refractivity contribution is -0.131. The summed E-state index contributed by atoms with van der Waals surface area (Å²) < 4.78 is 1.84. The van der Waals surface area contributed by atoms with E-state index in [1.165, 1.54) is 0 Å². The summed E-state index contributed by atoms with van der Waals surface area (Å²) >= 11 is 0. The van der Waals surface area contributed by atoms with E-state index >= 15 is 0 Å². The van der Waals surface area contributed by atoms with E-state index in [0.29, 0.717) is 12.3 Å². The summed E-state index contributed by atoms with van der Waals surface area (Å²) in [6.07, 6.45) is 10.9. The first-order valence-electron chi connectivity index (χ1n) is 9.39. The summed E-state index contributed by atoms with van der Waals surface area (Å²) in [5.41, 5.74) is 2.14. The Morgan fingerprint density at radius 1 is 1.27 bits per heavy atom. The van der Waals surface area contributed by atoms with Gasteiger partial charge in [0.1, 0.15) is 5.82 Å². The predicted molar refractivity (Wildman–Crippen MR) is 101 cm³/mol. The van der Waals surface area contributed by atoms with E-state index in [1.807, 2.05) is 35.9 Å². The first-order chi connectivity index (χ1) is 12.7. The molecule has 0 aromatic carbocycles. The molecule has 1 aliphatic rings. The van der Waals surface area contributed by atoms with Crippen LogP contribution >= 0.6 is 0 Å². The van der Waals surface area contributed by atoms with Crippen molar-refractivity contribution < 1.29 is 4.79 Å². The molecule has 1 unspecified atom stereocenters. The third kappa shape index (κ3) is 4.80. The maximum atomic E-state index is 12.6. The van der Waals surface area contributed by atoms with Gasteiger partial charge in [-0.2, -0.15) is 5.10 Å². The highest BCUT2D eigenvalue weighted by Gasteiger charge is 2.21. The fourth-order valence-electron chi connectivity index (χ4n) is 3.54. The van der Waals surface area contributed by atoms with Gasteiger partial charge in [0.05, 0.1) is 18.1 Å². The van der Waals surface area contributed by atoms with Crippen molar-refractivity contribution in [1.82, 2.24) is 24.6 Å². The highest BCUT2D eigenvalue weighted by molar-refractivity contribution is 5.76. The Morgan fingerprint density at radius 2 is 2.15 bits per heavy atom. The third-order valence-corrected chi connectivity index (χ3v) is 5.18. The van der Waals surface area contributed by atoms with Crippen molar-refractivity contribution in [3.05, 3.63) is 36.0 Å². The van der Waals surface area contributed by atoms with Crippen molar-refractivity contribution in [2.45, 2.75) is 38.5 Å². The average molecular weight is 356 g/mol. The molecule has 3 rings (SSSR count). The molecule has 1 fully saturated rings. The minimum atomic E-state index is 0.255. The van der Waals surface area contributed by atoms with Crippen molar-refractivity contribution in [3.63, 3.8) is 0 Å². The molecule has 1 amide bonds. The van der Waals surface area contributed by atoms with Gasteiger partial charge in [-0.3, -0.25) is 14.5 Å². The SMILES string of the molecule is CNc1cnc(CC2CCCN(C(=O)CCc3ccnn3C)CC2)cn1. The number of carbonyl (C=O) groups excluding carboxylic acids is 1. The van der Waals surface area contributed by atoms with Crippen LogP contribution in [0.4, 0.5) is 5.82 Å². The normalized spacial score (nSPS) is 17.8. The summed E-state index contributed by atoms with van der Waals surface area (Å²) in [5.74, 6) is 1.62. The van der Waals surface area contributed by atoms with E-state index < -0.39 is 0 Å². The van der Waals surface area contributed by atoms with Crippen LogP contribution in [0.2, 0.25) is 0 Å². The number of nitrogens with zero attached hydrogens (tertiary/aromatic N) is 5. The molecule has 7 heteroatoms. The van der Waals surface area contributed by atoms with Crippen LogP contribution in [-0.2, 0) is 24.7 Å². The molecule has 1 atom stereocenters. The van der Waals surface area contributed by atoms with Crippen LogP contribution in [0, 0.1) is 5.92 Å². The van der Waals surface area contributed by atoms with Gasteiger partial charge in [0.15, 0.2) is 0 Å². The van der Waals surface area contributed by atoms with E-state index in [9.17, 15) is 4.79 Å². The Hall–Kier alpha value is -2.44. The Kier molecular flexibility index (Phi) is 6.20. The average Bonchev–Trinajstić information content (AvgIpc) is 2.92. The summed E-state index contributed by atoms with van der Waals surface area (Å²) in [6.45, 7) is 1.71. The van der Waals surface area contributed by atoms with Gasteiger partial charge in [0.25, 0.3) is 0 Å². The molecule has 3 heterocycles. The second kappa shape index (κ2) is 8.78. The minimum absolute atomic E-state index is 0.255. The molecule has 2 aromatic heterocycles. The van der Waals surface area contributed by atoms with Crippen LogP contribution < -0.4 is 5.32 Å². The molecule has 0 aliphatic carbocycles. The molecular formula is C19H28N6O. The van der Waals surface area contributed by atoms with Crippen LogP contribution in [-0.4, -0.2) is 50.7 Å². The number of anilines is 1. The number of aryl methyl sites for hydroxylation is 2.